The number of carbonyl (C=O) groups excluding carboxylic acids is 2. The smallest absolute Gasteiger partial charge is 0.256 e. The fourth-order valence-corrected chi connectivity index (χ4v) is 3.25. The summed E-state index contributed by atoms with van der Waals surface area (Å²) in [6, 6.07) is 13.8. The first-order valence-corrected chi connectivity index (χ1v) is 9.56. The highest BCUT2D eigenvalue weighted by Gasteiger charge is 2.25. The zero-order chi connectivity index (χ0) is 19.9. The SMILES string of the molecule is Cc1ccccc1OCCCC(=O)N1CCN(C(=O)c2ccccc2F)CC1. The van der Waals surface area contributed by atoms with E-state index in [0.29, 0.717) is 45.6 Å². The van der Waals surface area contributed by atoms with E-state index in [9.17, 15) is 14.0 Å². The highest BCUT2D eigenvalue weighted by molar-refractivity contribution is 5.94. The second-order valence-electron chi connectivity index (χ2n) is 6.87. The third-order valence-electron chi connectivity index (χ3n) is 4.91. The Labute approximate surface area is 164 Å². The Bertz CT molecular complexity index is 832. The van der Waals surface area contributed by atoms with E-state index in [-0.39, 0.29) is 17.4 Å². The summed E-state index contributed by atoms with van der Waals surface area (Å²) in [6.07, 6.45) is 1.05. The van der Waals surface area contributed by atoms with E-state index in [1.807, 2.05) is 31.2 Å². The summed E-state index contributed by atoms with van der Waals surface area (Å²) in [5, 5.41) is 0. The van der Waals surface area contributed by atoms with Gasteiger partial charge in [0.05, 0.1) is 12.2 Å². The molecule has 2 aromatic carbocycles. The van der Waals surface area contributed by atoms with Crippen LogP contribution >= 0.6 is 0 Å². The molecule has 0 aliphatic carbocycles. The van der Waals surface area contributed by atoms with Crippen molar-refractivity contribution in [2.75, 3.05) is 32.8 Å². The van der Waals surface area contributed by atoms with Crippen LogP contribution in [0.25, 0.3) is 0 Å². The average Bonchev–Trinajstić information content (AvgIpc) is 2.72. The van der Waals surface area contributed by atoms with Gasteiger partial charge in [0.2, 0.25) is 5.91 Å². The van der Waals surface area contributed by atoms with E-state index in [1.165, 1.54) is 12.1 Å². The van der Waals surface area contributed by atoms with Crippen molar-refractivity contribution in [3.05, 3.63) is 65.5 Å². The van der Waals surface area contributed by atoms with Gasteiger partial charge in [0.15, 0.2) is 0 Å². The first-order valence-electron chi connectivity index (χ1n) is 9.56. The van der Waals surface area contributed by atoms with Crippen molar-refractivity contribution in [1.82, 2.24) is 9.80 Å². The number of rotatable bonds is 6. The molecule has 0 spiro atoms. The summed E-state index contributed by atoms with van der Waals surface area (Å²) in [5.41, 5.74) is 1.15. The van der Waals surface area contributed by atoms with Crippen LogP contribution in [-0.4, -0.2) is 54.4 Å². The number of aryl methyl sites for hydroxylation is 1. The largest absolute Gasteiger partial charge is 0.493 e. The molecule has 0 N–H and O–H groups in total. The normalized spacial score (nSPS) is 14.1. The van der Waals surface area contributed by atoms with Crippen molar-refractivity contribution < 1.29 is 18.7 Å². The minimum Gasteiger partial charge on any atom is -0.493 e. The summed E-state index contributed by atoms with van der Waals surface area (Å²) >= 11 is 0. The second-order valence-corrected chi connectivity index (χ2v) is 6.87. The van der Waals surface area contributed by atoms with Crippen molar-refractivity contribution in [1.29, 1.82) is 0 Å². The maximum Gasteiger partial charge on any atom is 0.256 e. The van der Waals surface area contributed by atoms with E-state index in [4.69, 9.17) is 4.74 Å². The quantitative estimate of drug-likeness (QED) is 0.718. The summed E-state index contributed by atoms with van der Waals surface area (Å²) in [6.45, 7) is 4.25. The van der Waals surface area contributed by atoms with Crippen molar-refractivity contribution >= 4 is 11.8 Å². The molecule has 0 atom stereocenters. The third-order valence-corrected chi connectivity index (χ3v) is 4.91. The monoisotopic (exact) mass is 384 g/mol. The number of nitrogens with zero attached hydrogens (tertiary/aromatic N) is 2. The van der Waals surface area contributed by atoms with Gasteiger partial charge in [-0.3, -0.25) is 9.59 Å². The Hall–Kier alpha value is -2.89. The zero-order valence-electron chi connectivity index (χ0n) is 16.1. The van der Waals surface area contributed by atoms with E-state index in [0.717, 1.165) is 11.3 Å². The lowest BCUT2D eigenvalue weighted by atomic mass is 10.1. The van der Waals surface area contributed by atoms with Crippen LogP contribution in [0.2, 0.25) is 0 Å². The lowest BCUT2D eigenvalue weighted by molar-refractivity contribution is -0.132. The van der Waals surface area contributed by atoms with Crippen molar-refractivity contribution in [3.63, 3.8) is 0 Å². The molecule has 1 aliphatic heterocycles. The topological polar surface area (TPSA) is 49.9 Å². The number of hydrogen-bond donors (Lipinski definition) is 0. The van der Waals surface area contributed by atoms with Gasteiger partial charge in [0, 0.05) is 32.6 Å². The molecule has 6 heteroatoms. The van der Waals surface area contributed by atoms with Gasteiger partial charge in [-0.2, -0.15) is 0 Å². The Balaban J connectivity index is 1.41. The van der Waals surface area contributed by atoms with E-state index >= 15 is 0 Å². The third kappa shape index (κ3) is 4.88. The number of hydrogen-bond acceptors (Lipinski definition) is 3. The lowest BCUT2D eigenvalue weighted by Gasteiger charge is -2.35. The molecule has 1 aliphatic rings. The molecule has 148 valence electrons. The molecule has 1 saturated heterocycles. The van der Waals surface area contributed by atoms with E-state index in [1.54, 1.807) is 21.9 Å². The Morgan fingerprint density at radius 3 is 2.32 bits per heavy atom. The molecule has 1 fully saturated rings. The molecule has 1 heterocycles. The molecule has 2 aromatic rings. The second kappa shape index (κ2) is 9.35. The van der Waals surface area contributed by atoms with Gasteiger partial charge in [-0.15, -0.1) is 0 Å². The summed E-state index contributed by atoms with van der Waals surface area (Å²) in [4.78, 5) is 28.2. The van der Waals surface area contributed by atoms with Crippen molar-refractivity contribution in [3.8, 4) is 5.75 Å². The molecule has 28 heavy (non-hydrogen) atoms. The van der Waals surface area contributed by atoms with Gasteiger partial charge < -0.3 is 14.5 Å². The predicted molar refractivity (Wildman–Crippen MR) is 105 cm³/mol. The van der Waals surface area contributed by atoms with Gasteiger partial charge in [-0.05, 0) is 37.1 Å². The van der Waals surface area contributed by atoms with E-state index in [2.05, 4.69) is 0 Å². The number of para-hydroxylation sites is 1. The van der Waals surface area contributed by atoms with Crippen molar-refractivity contribution in [2.45, 2.75) is 19.8 Å². The number of piperazine rings is 1. The maximum absolute atomic E-state index is 13.8. The first kappa shape index (κ1) is 19.9. The summed E-state index contributed by atoms with van der Waals surface area (Å²) in [7, 11) is 0. The van der Waals surface area contributed by atoms with E-state index < -0.39 is 5.82 Å². The average molecular weight is 384 g/mol. The van der Waals surface area contributed by atoms with Gasteiger partial charge in [0.25, 0.3) is 5.91 Å². The molecule has 0 aromatic heterocycles. The van der Waals surface area contributed by atoms with Crippen molar-refractivity contribution in [2.24, 2.45) is 0 Å². The standard InChI is InChI=1S/C22H25FN2O3/c1-17-7-2-5-10-20(17)28-16-6-11-21(26)24-12-14-25(15-13-24)22(27)18-8-3-4-9-19(18)23/h2-5,7-10H,6,11-16H2,1H3. The van der Waals surface area contributed by atoms with Crippen LogP contribution in [0.15, 0.2) is 48.5 Å². The molecular formula is C22H25FN2O3. The molecule has 3 rings (SSSR count). The van der Waals surface area contributed by atoms with Crippen LogP contribution in [-0.2, 0) is 4.79 Å². The van der Waals surface area contributed by atoms with Crippen LogP contribution in [0.5, 0.6) is 5.75 Å². The number of ether oxygens (including phenoxy) is 1. The highest BCUT2D eigenvalue weighted by atomic mass is 19.1. The molecule has 0 radical (unpaired) electrons. The fourth-order valence-electron chi connectivity index (χ4n) is 3.25. The number of carbonyl (C=O) groups is 2. The Kier molecular flexibility index (Phi) is 6.63. The lowest BCUT2D eigenvalue weighted by Crippen LogP contribution is -2.50. The minimum absolute atomic E-state index is 0.0615. The van der Waals surface area contributed by atoms with Crippen LogP contribution in [0.4, 0.5) is 4.39 Å². The summed E-state index contributed by atoms with van der Waals surface area (Å²) in [5.74, 6) is 0.0677. The Morgan fingerprint density at radius 1 is 0.964 bits per heavy atom. The predicted octanol–water partition coefficient (Wildman–Crippen LogP) is 3.28. The minimum atomic E-state index is -0.514. The number of benzene rings is 2. The first-order chi connectivity index (χ1) is 13.6. The van der Waals surface area contributed by atoms with Gasteiger partial charge in [-0.1, -0.05) is 30.3 Å². The fraction of sp³-hybridized carbons (Fsp3) is 0.364. The van der Waals surface area contributed by atoms with Crippen LogP contribution in [0, 0.1) is 12.7 Å². The summed E-state index contributed by atoms with van der Waals surface area (Å²) < 4.78 is 19.5. The Morgan fingerprint density at radius 2 is 1.61 bits per heavy atom. The molecule has 0 unspecified atom stereocenters. The zero-order valence-corrected chi connectivity index (χ0v) is 16.1. The van der Waals surface area contributed by atoms with Crippen LogP contribution in [0.3, 0.4) is 0 Å². The molecule has 5 nitrogen and oxygen atoms in total. The molecule has 0 bridgehead atoms. The number of halogens is 1. The van der Waals surface area contributed by atoms with Gasteiger partial charge >= 0.3 is 0 Å². The highest BCUT2D eigenvalue weighted by Crippen LogP contribution is 2.17. The van der Waals surface area contributed by atoms with Crippen LogP contribution in [0.1, 0.15) is 28.8 Å². The van der Waals surface area contributed by atoms with Crippen LogP contribution < -0.4 is 4.74 Å². The maximum atomic E-state index is 13.8. The molecule has 2 amide bonds. The van der Waals surface area contributed by atoms with Gasteiger partial charge in [-0.25, -0.2) is 4.39 Å². The number of amides is 2. The molecule has 0 saturated carbocycles. The van der Waals surface area contributed by atoms with Gasteiger partial charge in [0.1, 0.15) is 11.6 Å². The molecular weight excluding hydrogens is 359 g/mol.